The van der Waals surface area contributed by atoms with Crippen molar-refractivity contribution < 1.29 is 4.79 Å². The third kappa shape index (κ3) is 6.85. The summed E-state index contributed by atoms with van der Waals surface area (Å²) < 4.78 is 2.26. The average molecular weight is 370 g/mol. The lowest BCUT2D eigenvalue weighted by Gasteiger charge is -2.10. The molecule has 0 aliphatic heterocycles. The van der Waals surface area contributed by atoms with Crippen molar-refractivity contribution in [3.63, 3.8) is 0 Å². The van der Waals surface area contributed by atoms with Crippen LogP contribution in [0.5, 0.6) is 0 Å². The molecule has 1 aromatic heterocycles. The number of fused-ring (bicyclic) bond motifs is 1. The van der Waals surface area contributed by atoms with Gasteiger partial charge in [-0.3, -0.25) is 4.79 Å². The van der Waals surface area contributed by atoms with Crippen LogP contribution in [0.25, 0.3) is 11.0 Å². The Morgan fingerprint density at radius 3 is 2.33 bits per heavy atom. The van der Waals surface area contributed by atoms with Crippen LogP contribution in [0.2, 0.25) is 0 Å². The number of carbonyl (C=O) groups is 1. The van der Waals surface area contributed by atoms with E-state index in [9.17, 15) is 4.79 Å². The van der Waals surface area contributed by atoms with Crippen LogP contribution in [0.4, 0.5) is 0 Å². The summed E-state index contributed by atoms with van der Waals surface area (Å²) in [5.41, 5.74) is 2.67. The number of rotatable bonds is 13. The predicted octanol–water partition coefficient (Wildman–Crippen LogP) is 5.76. The van der Waals surface area contributed by atoms with Crippen molar-refractivity contribution in [1.82, 2.24) is 14.9 Å². The smallest absolute Gasteiger partial charge is 0.246 e. The maximum atomic E-state index is 11.8. The van der Waals surface area contributed by atoms with Crippen LogP contribution in [0.15, 0.2) is 36.4 Å². The molecule has 0 atom stereocenters. The lowest BCUT2D eigenvalue weighted by Crippen LogP contribution is -2.25. The number of aryl methyl sites for hydroxylation is 1. The number of nitrogens with one attached hydrogen (secondary N) is 1. The van der Waals surface area contributed by atoms with Gasteiger partial charge in [0.1, 0.15) is 5.82 Å². The summed E-state index contributed by atoms with van der Waals surface area (Å²) in [4.78, 5) is 16.5. The molecule has 2 rings (SSSR count). The molecule has 1 amide bonds. The molecule has 4 heteroatoms. The van der Waals surface area contributed by atoms with E-state index in [4.69, 9.17) is 4.98 Å². The minimum atomic E-state index is -0.114. The summed E-state index contributed by atoms with van der Waals surface area (Å²) in [6, 6.07) is 8.20. The molecule has 1 heterocycles. The minimum absolute atomic E-state index is 0.114. The molecule has 0 aliphatic carbocycles. The zero-order valence-corrected chi connectivity index (χ0v) is 17.1. The summed E-state index contributed by atoms with van der Waals surface area (Å²) >= 11 is 0. The first-order chi connectivity index (χ1) is 13.1. The number of benzene rings is 1. The Labute approximate surface area is 164 Å². The van der Waals surface area contributed by atoms with Gasteiger partial charge in [-0.1, -0.05) is 77.0 Å². The van der Waals surface area contributed by atoms with E-state index in [2.05, 4.69) is 29.5 Å². The standard InChI is InChI=1S/C23H35N3O/c1-4-5-6-7-8-9-10-11-14-17-26-21-16-13-12-15-20(21)25-22(26)18-24-23(27)19(2)3/h12-13,15-16H,2,4-11,14,17-18H2,1,3H3,(H,24,27). The Kier molecular flexibility index (Phi) is 9.09. The van der Waals surface area contributed by atoms with Gasteiger partial charge in [0.05, 0.1) is 17.6 Å². The molecular formula is C23H35N3O. The van der Waals surface area contributed by atoms with E-state index in [1.807, 2.05) is 18.2 Å². The van der Waals surface area contributed by atoms with Crippen LogP contribution >= 0.6 is 0 Å². The minimum Gasteiger partial charge on any atom is -0.345 e. The summed E-state index contributed by atoms with van der Waals surface area (Å²) in [5.74, 6) is 0.807. The van der Waals surface area contributed by atoms with Crippen molar-refractivity contribution in [3.05, 3.63) is 42.2 Å². The highest BCUT2D eigenvalue weighted by Gasteiger charge is 2.11. The molecule has 1 N–H and O–H groups in total. The number of para-hydroxylation sites is 2. The first-order valence-electron chi connectivity index (χ1n) is 10.5. The lowest BCUT2D eigenvalue weighted by molar-refractivity contribution is -0.117. The normalized spacial score (nSPS) is 11.0. The Morgan fingerprint density at radius 1 is 1.04 bits per heavy atom. The number of amides is 1. The van der Waals surface area contributed by atoms with Gasteiger partial charge >= 0.3 is 0 Å². The van der Waals surface area contributed by atoms with E-state index < -0.39 is 0 Å². The van der Waals surface area contributed by atoms with Crippen molar-refractivity contribution in [2.75, 3.05) is 0 Å². The number of unbranched alkanes of at least 4 members (excludes halogenated alkanes) is 8. The first-order valence-corrected chi connectivity index (χ1v) is 10.5. The fourth-order valence-electron chi connectivity index (χ4n) is 3.40. The van der Waals surface area contributed by atoms with Crippen molar-refractivity contribution in [2.45, 2.75) is 84.7 Å². The average Bonchev–Trinajstić information content (AvgIpc) is 3.02. The zero-order valence-electron chi connectivity index (χ0n) is 17.1. The third-order valence-corrected chi connectivity index (χ3v) is 5.01. The maximum Gasteiger partial charge on any atom is 0.246 e. The van der Waals surface area contributed by atoms with Crippen LogP contribution in [-0.2, 0) is 17.9 Å². The van der Waals surface area contributed by atoms with Gasteiger partial charge < -0.3 is 9.88 Å². The van der Waals surface area contributed by atoms with Crippen molar-refractivity contribution in [3.8, 4) is 0 Å². The van der Waals surface area contributed by atoms with Crippen LogP contribution < -0.4 is 5.32 Å². The Morgan fingerprint density at radius 2 is 1.67 bits per heavy atom. The number of aromatic nitrogens is 2. The molecule has 0 bridgehead atoms. The van der Waals surface area contributed by atoms with Crippen LogP contribution in [0, 0.1) is 0 Å². The quantitative estimate of drug-likeness (QED) is 0.360. The van der Waals surface area contributed by atoms with E-state index in [-0.39, 0.29) is 5.91 Å². The van der Waals surface area contributed by atoms with Gasteiger partial charge in [-0.15, -0.1) is 0 Å². The summed E-state index contributed by atoms with van der Waals surface area (Å²) in [6.45, 7) is 9.07. The fraction of sp³-hybridized carbons (Fsp3) is 0.565. The van der Waals surface area contributed by atoms with Gasteiger partial charge in [0.25, 0.3) is 0 Å². The largest absolute Gasteiger partial charge is 0.345 e. The Balaban J connectivity index is 1.85. The SMILES string of the molecule is C=C(C)C(=O)NCc1nc2ccccc2n1CCCCCCCCCCC. The molecule has 4 nitrogen and oxygen atoms in total. The van der Waals surface area contributed by atoms with Gasteiger partial charge in [0.15, 0.2) is 0 Å². The second-order valence-corrected chi connectivity index (χ2v) is 7.46. The van der Waals surface area contributed by atoms with E-state index in [0.29, 0.717) is 12.1 Å². The molecule has 0 radical (unpaired) electrons. The van der Waals surface area contributed by atoms with Gasteiger partial charge in [0, 0.05) is 12.1 Å². The van der Waals surface area contributed by atoms with E-state index >= 15 is 0 Å². The highest BCUT2D eigenvalue weighted by Crippen LogP contribution is 2.18. The maximum absolute atomic E-state index is 11.8. The van der Waals surface area contributed by atoms with Crippen molar-refractivity contribution in [1.29, 1.82) is 0 Å². The van der Waals surface area contributed by atoms with Crippen LogP contribution in [-0.4, -0.2) is 15.5 Å². The predicted molar refractivity (Wildman–Crippen MR) is 114 cm³/mol. The highest BCUT2D eigenvalue weighted by atomic mass is 16.1. The summed E-state index contributed by atoms with van der Waals surface area (Å²) in [6.07, 6.45) is 11.9. The van der Waals surface area contributed by atoms with Crippen molar-refractivity contribution in [2.24, 2.45) is 0 Å². The molecule has 0 fully saturated rings. The fourth-order valence-corrected chi connectivity index (χ4v) is 3.40. The molecule has 0 saturated carbocycles. The van der Waals surface area contributed by atoms with Gasteiger partial charge in [-0.2, -0.15) is 0 Å². The monoisotopic (exact) mass is 369 g/mol. The molecule has 1 aromatic carbocycles. The molecule has 0 saturated heterocycles. The molecule has 0 unspecified atom stereocenters. The highest BCUT2D eigenvalue weighted by molar-refractivity contribution is 5.92. The molecule has 148 valence electrons. The summed E-state index contributed by atoms with van der Waals surface area (Å²) in [7, 11) is 0. The van der Waals surface area contributed by atoms with E-state index in [0.717, 1.165) is 29.8 Å². The van der Waals surface area contributed by atoms with Gasteiger partial charge in [-0.05, 0) is 25.5 Å². The summed E-state index contributed by atoms with van der Waals surface area (Å²) in [5, 5.41) is 2.91. The van der Waals surface area contributed by atoms with Gasteiger partial charge in [-0.25, -0.2) is 4.98 Å². The lowest BCUT2D eigenvalue weighted by atomic mass is 10.1. The van der Waals surface area contributed by atoms with E-state index in [1.54, 1.807) is 6.92 Å². The number of imidazole rings is 1. The Hall–Kier alpha value is -2.10. The first kappa shape index (κ1) is 21.2. The van der Waals surface area contributed by atoms with Gasteiger partial charge in [0.2, 0.25) is 5.91 Å². The molecule has 2 aromatic rings. The number of nitrogens with zero attached hydrogens (tertiary/aromatic N) is 2. The number of carbonyl (C=O) groups excluding carboxylic acids is 1. The zero-order chi connectivity index (χ0) is 19.5. The second-order valence-electron chi connectivity index (χ2n) is 7.46. The molecular weight excluding hydrogens is 334 g/mol. The van der Waals surface area contributed by atoms with Crippen LogP contribution in [0.1, 0.15) is 77.5 Å². The van der Waals surface area contributed by atoms with Crippen LogP contribution in [0.3, 0.4) is 0 Å². The Bertz CT molecular complexity index is 732. The van der Waals surface area contributed by atoms with E-state index in [1.165, 1.54) is 51.4 Å². The molecule has 27 heavy (non-hydrogen) atoms. The third-order valence-electron chi connectivity index (χ3n) is 5.01. The molecule has 0 aliphatic rings. The topological polar surface area (TPSA) is 46.9 Å². The molecule has 0 spiro atoms. The number of hydrogen-bond acceptors (Lipinski definition) is 2. The van der Waals surface area contributed by atoms with Crippen molar-refractivity contribution >= 4 is 16.9 Å². The second kappa shape index (κ2) is 11.6. The number of hydrogen-bond donors (Lipinski definition) is 1.